The number of rotatable bonds is 3. The lowest BCUT2D eigenvalue weighted by Crippen LogP contribution is -2.39. The molecule has 1 aromatic heterocycles. The van der Waals surface area contributed by atoms with Gasteiger partial charge < -0.3 is 10.2 Å². The quantitative estimate of drug-likeness (QED) is 0.742. The summed E-state index contributed by atoms with van der Waals surface area (Å²) in [6.07, 6.45) is 0.199. The van der Waals surface area contributed by atoms with Gasteiger partial charge in [0.05, 0.1) is 16.3 Å². The minimum Gasteiger partial charge on any atom is -0.333 e. The predicted octanol–water partition coefficient (Wildman–Crippen LogP) is 3.36. The molecule has 0 bridgehead atoms. The summed E-state index contributed by atoms with van der Waals surface area (Å²) in [6.45, 7) is 0.345. The van der Waals surface area contributed by atoms with E-state index in [-0.39, 0.29) is 24.2 Å². The van der Waals surface area contributed by atoms with Crippen LogP contribution in [0.1, 0.15) is 6.42 Å². The maximum atomic E-state index is 13.0. The molecule has 3 aromatic rings. The zero-order valence-electron chi connectivity index (χ0n) is 13.6. The van der Waals surface area contributed by atoms with Crippen molar-refractivity contribution in [2.24, 2.45) is 0 Å². The maximum Gasteiger partial charge on any atom is 0.321 e. The highest BCUT2D eigenvalue weighted by atomic mass is 32.1. The van der Waals surface area contributed by atoms with Crippen LogP contribution in [-0.2, 0) is 4.79 Å². The van der Waals surface area contributed by atoms with E-state index in [0.717, 1.165) is 10.2 Å². The van der Waals surface area contributed by atoms with Gasteiger partial charge in [-0.15, -0.1) is 0 Å². The lowest BCUT2D eigenvalue weighted by atomic mass is 10.2. The van der Waals surface area contributed by atoms with Crippen molar-refractivity contribution in [2.45, 2.75) is 12.5 Å². The molecule has 6 nitrogen and oxygen atoms in total. The minimum atomic E-state index is -0.400. The van der Waals surface area contributed by atoms with Crippen LogP contribution < -0.4 is 15.5 Å². The van der Waals surface area contributed by atoms with Gasteiger partial charge in [0.1, 0.15) is 5.82 Å². The van der Waals surface area contributed by atoms with E-state index >= 15 is 0 Å². The summed E-state index contributed by atoms with van der Waals surface area (Å²) in [5, 5.41) is 6.01. The average molecular weight is 370 g/mol. The average Bonchev–Trinajstić information content (AvgIpc) is 3.18. The highest BCUT2D eigenvalue weighted by Crippen LogP contribution is 2.25. The highest BCUT2D eigenvalue weighted by molar-refractivity contribution is 7.22. The van der Waals surface area contributed by atoms with Gasteiger partial charge in [-0.05, 0) is 36.4 Å². The molecule has 1 saturated heterocycles. The number of benzene rings is 2. The normalized spacial score (nSPS) is 16.9. The molecule has 4 rings (SSSR count). The van der Waals surface area contributed by atoms with E-state index in [1.54, 1.807) is 17.0 Å². The number of carbonyl (C=O) groups excluding carboxylic acids is 2. The summed E-state index contributed by atoms with van der Waals surface area (Å²) in [5.74, 6) is -0.466. The molecular weight excluding hydrogens is 355 g/mol. The number of fused-ring (bicyclic) bond motifs is 1. The first-order valence-corrected chi connectivity index (χ1v) is 8.89. The smallest absolute Gasteiger partial charge is 0.321 e. The van der Waals surface area contributed by atoms with E-state index in [0.29, 0.717) is 17.4 Å². The number of halogens is 1. The van der Waals surface area contributed by atoms with Gasteiger partial charge in [-0.3, -0.25) is 10.1 Å². The van der Waals surface area contributed by atoms with Crippen molar-refractivity contribution in [3.63, 3.8) is 0 Å². The Morgan fingerprint density at radius 3 is 2.73 bits per heavy atom. The van der Waals surface area contributed by atoms with Gasteiger partial charge in [0.15, 0.2) is 5.13 Å². The molecule has 3 amide bonds. The third-order valence-electron chi connectivity index (χ3n) is 4.11. The second-order valence-corrected chi connectivity index (χ2v) is 7.00. The first-order chi connectivity index (χ1) is 12.6. The summed E-state index contributed by atoms with van der Waals surface area (Å²) in [7, 11) is 0. The lowest BCUT2D eigenvalue weighted by Gasteiger charge is -2.17. The van der Waals surface area contributed by atoms with Gasteiger partial charge >= 0.3 is 6.03 Å². The number of hydrogen-bond acceptors (Lipinski definition) is 4. The molecule has 0 aliphatic carbocycles. The van der Waals surface area contributed by atoms with E-state index < -0.39 is 6.03 Å². The molecule has 0 spiro atoms. The Hall–Kier alpha value is -3.00. The SMILES string of the molecule is O=C(Nc1nc2ccccc2s1)NC1CC(=O)N(c2ccc(F)cc2)C1. The number of nitrogens with zero attached hydrogens (tertiary/aromatic N) is 2. The molecule has 8 heteroatoms. The molecular formula is C18H15FN4O2S. The van der Waals surface area contributed by atoms with Gasteiger partial charge in [-0.2, -0.15) is 0 Å². The van der Waals surface area contributed by atoms with E-state index in [9.17, 15) is 14.0 Å². The molecule has 2 N–H and O–H groups in total. The number of carbonyl (C=O) groups is 2. The van der Waals surface area contributed by atoms with Gasteiger partial charge in [0.25, 0.3) is 0 Å². The Bertz CT molecular complexity index is 940. The number of anilines is 2. The maximum absolute atomic E-state index is 13.0. The zero-order chi connectivity index (χ0) is 18.1. The first-order valence-electron chi connectivity index (χ1n) is 8.07. The van der Waals surface area contributed by atoms with Crippen molar-refractivity contribution in [2.75, 3.05) is 16.8 Å². The van der Waals surface area contributed by atoms with E-state index in [1.807, 2.05) is 24.3 Å². The van der Waals surface area contributed by atoms with Crippen LogP contribution in [0, 0.1) is 5.82 Å². The fraction of sp³-hybridized carbons (Fsp3) is 0.167. The third kappa shape index (κ3) is 3.36. The Kier molecular flexibility index (Phi) is 4.26. The van der Waals surface area contributed by atoms with Crippen LogP contribution in [0.2, 0.25) is 0 Å². The van der Waals surface area contributed by atoms with E-state index in [2.05, 4.69) is 15.6 Å². The Morgan fingerprint density at radius 2 is 1.96 bits per heavy atom. The van der Waals surface area contributed by atoms with E-state index in [4.69, 9.17) is 0 Å². The zero-order valence-corrected chi connectivity index (χ0v) is 14.4. The largest absolute Gasteiger partial charge is 0.333 e. The van der Waals surface area contributed by atoms with Crippen LogP contribution >= 0.6 is 11.3 Å². The number of hydrogen-bond donors (Lipinski definition) is 2. The first kappa shape index (κ1) is 16.5. The molecule has 132 valence electrons. The lowest BCUT2D eigenvalue weighted by molar-refractivity contribution is -0.117. The van der Waals surface area contributed by atoms with Gasteiger partial charge in [-0.25, -0.2) is 14.2 Å². The Balaban J connectivity index is 1.38. The number of para-hydroxylation sites is 1. The summed E-state index contributed by atoms with van der Waals surface area (Å²) in [5.41, 5.74) is 1.44. The molecule has 1 fully saturated rings. The summed E-state index contributed by atoms with van der Waals surface area (Å²) < 4.78 is 14.0. The second-order valence-electron chi connectivity index (χ2n) is 5.97. The van der Waals surface area contributed by atoms with Crippen molar-refractivity contribution in [3.05, 3.63) is 54.3 Å². The van der Waals surface area contributed by atoms with E-state index in [1.165, 1.54) is 23.5 Å². The van der Waals surface area contributed by atoms with Crippen molar-refractivity contribution < 1.29 is 14.0 Å². The Morgan fingerprint density at radius 1 is 1.19 bits per heavy atom. The molecule has 2 aromatic carbocycles. The van der Waals surface area contributed by atoms with Crippen LogP contribution in [0.5, 0.6) is 0 Å². The van der Waals surface area contributed by atoms with Crippen LogP contribution in [0.4, 0.5) is 20.0 Å². The molecule has 2 heterocycles. The van der Waals surface area contributed by atoms with Crippen LogP contribution in [-0.4, -0.2) is 29.5 Å². The molecule has 1 unspecified atom stereocenters. The second kappa shape index (κ2) is 6.72. The minimum absolute atomic E-state index is 0.109. The molecule has 26 heavy (non-hydrogen) atoms. The predicted molar refractivity (Wildman–Crippen MR) is 98.9 cm³/mol. The monoisotopic (exact) mass is 370 g/mol. The third-order valence-corrected chi connectivity index (χ3v) is 5.06. The molecule has 1 atom stereocenters. The fourth-order valence-corrected chi connectivity index (χ4v) is 3.78. The van der Waals surface area contributed by atoms with Crippen molar-refractivity contribution in [3.8, 4) is 0 Å². The van der Waals surface area contributed by atoms with Gasteiger partial charge in [0, 0.05) is 18.7 Å². The van der Waals surface area contributed by atoms with Gasteiger partial charge in [-0.1, -0.05) is 23.5 Å². The summed E-state index contributed by atoms with van der Waals surface area (Å²) in [4.78, 5) is 30.3. The summed E-state index contributed by atoms with van der Waals surface area (Å²) >= 11 is 1.39. The molecule has 0 radical (unpaired) electrons. The van der Waals surface area contributed by atoms with Gasteiger partial charge in [0.2, 0.25) is 5.91 Å². The van der Waals surface area contributed by atoms with Crippen molar-refractivity contribution in [1.29, 1.82) is 0 Å². The highest BCUT2D eigenvalue weighted by Gasteiger charge is 2.31. The van der Waals surface area contributed by atoms with Crippen LogP contribution in [0.25, 0.3) is 10.2 Å². The van der Waals surface area contributed by atoms with Crippen LogP contribution in [0.15, 0.2) is 48.5 Å². The van der Waals surface area contributed by atoms with Crippen molar-refractivity contribution in [1.82, 2.24) is 10.3 Å². The standard InChI is InChI=1S/C18H15FN4O2S/c19-11-5-7-13(8-6-11)23-10-12(9-16(23)24)20-17(25)22-18-21-14-3-1-2-4-15(14)26-18/h1-8,12H,9-10H2,(H2,20,21,22,25). The van der Waals surface area contributed by atoms with Crippen molar-refractivity contribution >= 4 is 44.3 Å². The molecule has 1 aliphatic rings. The van der Waals surface area contributed by atoms with Crippen LogP contribution in [0.3, 0.4) is 0 Å². The molecule has 0 saturated carbocycles. The Labute approximate surface area is 152 Å². The number of aromatic nitrogens is 1. The molecule has 1 aliphatic heterocycles. The number of amides is 3. The summed E-state index contributed by atoms with van der Waals surface area (Å²) in [6, 6.07) is 12.6. The number of nitrogens with one attached hydrogen (secondary N) is 2. The number of urea groups is 1. The topological polar surface area (TPSA) is 74.3 Å². The fourth-order valence-electron chi connectivity index (χ4n) is 2.92. The number of thiazole rings is 1.